The Balaban J connectivity index is 0.000000204. The quantitative estimate of drug-likeness (QED) is 0.652. The number of anilines is 2. The van der Waals surface area contributed by atoms with Crippen LogP contribution in [0.1, 0.15) is 20.7 Å². The van der Waals surface area contributed by atoms with Crippen molar-refractivity contribution in [2.75, 3.05) is 11.5 Å². The van der Waals surface area contributed by atoms with Gasteiger partial charge in [-0.25, -0.2) is 8.78 Å². The minimum Gasteiger partial charge on any atom is -0.398 e. The van der Waals surface area contributed by atoms with Crippen molar-refractivity contribution < 1.29 is 18.4 Å². The van der Waals surface area contributed by atoms with Gasteiger partial charge < -0.3 is 11.5 Å². The summed E-state index contributed by atoms with van der Waals surface area (Å²) in [6, 6.07) is 8.97. The fraction of sp³-hybridized carbons (Fsp3) is 0. The second kappa shape index (κ2) is 6.98. The van der Waals surface area contributed by atoms with Crippen molar-refractivity contribution in [2.45, 2.75) is 0 Å². The summed E-state index contributed by atoms with van der Waals surface area (Å²) in [4.78, 5) is 20.3. The average molecular weight is 278 g/mol. The highest BCUT2D eigenvalue weighted by molar-refractivity contribution is 5.83. The summed E-state index contributed by atoms with van der Waals surface area (Å²) >= 11 is 0. The smallest absolute Gasteiger partial charge is 0.171 e. The van der Waals surface area contributed by atoms with Gasteiger partial charge in [0.2, 0.25) is 0 Å². The molecule has 0 amide bonds. The lowest BCUT2D eigenvalue weighted by atomic mass is 10.2. The number of carbonyl (C=O) groups excluding carboxylic acids is 2. The van der Waals surface area contributed by atoms with E-state index in [9.17, 15) is 18.4 Å². The number of rotatable bonds is 2. The van der Waals surface area contributed by atoms with E-state index in [1.165, 1.54) is 0 Å². The standard InChI is InChI=1S/C7H5F2NO.C7H7NO/c8-5-1-2-6(10)4(3-11)7(5)9;8-7-4-2-1-3-6(7)5-9/h1-3H,10H2;1-5H,8H2. The van der Waals surface area contributed by atoms with Crippen LogP contribution in [-0.2, 0) is 0 Å². The molecule has 0 spiro atoms. The van der Waals surface area contributed by atoms with Crippen LogP contribution < -0.4 is 11.5 Å². The Kier molecular flexibility index (Phi) is 5.34. The van der Waals surface area contributed by atoms with E-state index in [1.54, 1.807) is 24.3 Å². The maximum absolute atomic E-state index is 12.6. The van der Waals surface area contributed by atoms with Crippen LogP contribution in [0.15, 0.2) is 36.4 Å². The van der Waals surface area contributed by atoms with Gasteiger partial charge in [0.25, 0.3) is 0 Å². The van der Waals surface area contributed by atoms with Crippen molar-refractivity contribution in [1.82, 2.24) is 0 Å². The van der Waals surface area contributed by atoms with Gasteiger partial charge in [0.15, 0.2) is 24.2 Å². The first-order valence-corrected chi connectivity index (χ1v) is 5.49. The lowest BCUT2D eigenvalue weighted by Crippen LogP contribution is -1.98. The van der Waals surface area contributed by atoms with E-state index in [0.717, 1.165) is 18.4 Å². The van der Waals surface area contributed by atoms with Gasteiger partial charge in [0.1, 0.15) is 0 Å². The minimum atomic E-state index is -1.19. The van der Waals surface area contributed by atoms with Gasteiger partial charge in [0, 0.05) is 16.9 Å². The topological polar surface area (TPSA) is 86.2 Å². The molecule has 2 aromatic rings. The van der Waals surface area contributed by atoms with Crippen molar-refractivity contribution in [2.24, 2.45) is 0 Å². The van der Waals surface area contributed by atoms with Gasteiger partial charge in [-0.3, -0.25) is 9.59 Å². The molecule has 0 fully saturated rings. The zero-order valence-electron chi connectivity index (χ0n) is 10.3. The molecule has 0 saturated heterocycles. The molecule has 0 bridgehead atoms. The Morgan fingerprint density at radius 1 is 0.850 bits per heavy atom. The SMILES string of the molecule is Nc1ccc(F)c(F)c1C=O.Nc1ccccc1C=O. The molecule has 0 saturated carbocycles. The second-order valence-corrected chi connectivity index (χ2v) is 3.73. The van der Waals surface area contributed by atoms with Gasteiger partial charge in [0.05, 0.1) is 5.56 Å². The number of nitrogens with two attached hydrogens (primary N) is 2. The number of nitrogen functional groups attached to an aromatic ring is 2. The van der Waals surface area contributed by atoms with Gasteiger partial charge >= 0.3 is 0 Å². The summed E-state index contributed by atoms with van der Waals surface area (Å²) in [6.45, 7) is 0. The van der Waals surface area contributed by atoms with Gasteiger partial charge in [-0.15, -0.1) is 0 Å². The molecule has 0 atom stereocenters. The number of hydrogen-bond acceptors (Lipinski definition) is 4. The van der Waals surface area contributed by atoms with Crippen LogP contribution in [-0.4, -0.2) is 12.6 Å². The molecule has 0 aliphatic carbocycles. The van der Waals surface area contributed by atoms with E-state index in [-0.39, 0.29) is 12.0 Å². The van der Waals surface area contributed by atoms with E-state index < -0.39 is 17.2 Å². The van der Waals surface area contributed by atoms with Crippen LogP contribution in [0.5, 0.6) is 0 Å². The van der Waals surface area contributed by atoms with Gasteiger partial charge in [-0.2, -0.15) is 0 Å². The predicted molar refractivity (Wildman–Crippen MR) is 72.4 cm³/mol. The first kappa shape index (κ1) is 15.3. The third kappa shape index (κ3) is 3.61. The largest absolute Gasteiger partial charge is 0.398 e. The molecule has 2 rings (SSSR count). The highest BCUT2D eigenvalue weighted by atomic mass is 19.2. The number of carbonyl (C=O) groups is 2. The number of halogens is 2. The van der Waals surface area contributed by atoms with Crippen molar-refractivity contribution in [3.05, 3.63) is 59.2 Å². The number of hydrogen-bond donors (Lipinski definition) is 2. The van der Waals surface area contributed by atoms with Crippen LogP contribution in [0.25, 0.3) is 0 Å². The molecule has 0 heterocycles. The van der Waals surface area contributed by atoms with Crippen LogP contribution in [0.3, 0.4) is 0 Å². The first-order valence-electron chi connectivity index (χ1n) is 5.49. The normalized spacial score (nSPS) is 9.30. The van der Waals surface area contributed by atoms with Crippen molar-refractivity contribution in [1.29, 1.82) is 0 Å². The summed E-state index contributed by atoms with van der Waals surface area (Å²) in [7, 11) is 0. The second-order valence-electron chi connectivity index (χ2n) is 3.73. The fourth-order valence-electron chi connectivity index (χ4n) is 1.32. The van der Waals surface area contributed by atoms with Crippen molar-refractivity contribution >= 4 is 23.9 Å². The Morgan fingerprint density at radius 2 is 1.50 bits per heavy atom. The maximum atomic E-state index is 12.6. The third-order valence-electron chi connectivity index (χ3n) is 2.41. The lowest BCUT2D eigenvalue weighted by molar-refractivity contribution is 0.111. The molecule has 20 heavy (non-hydrogen) atoms. The summed E-state index contributed by atoms with van der Waals surface area (Å²) in [6.07, 6.45) is 0.934. The number of benzene rings is 2. The van der Waals surface area contributed by atoms with Crippen molar-refractivity contribution in [3.63, 3.8) is 0 Å². The van der Waals surface area contributed by atoms with E-state index >= 15 is 0 Å². The molecule has 0 radical (unpaired) electrons. The average Bonchev–Trinajstić information content (AvgIpc) is 2.45. The Labute approximate surface area is 114 Å². The molecule has 0 aromatic heterocycles. The Hall–Kier alpha value is -2.76. The molecular weight excluding hydrogens is 266 g/mol. The Morgan fingerprint density at radius 3 is 1.95 bits per heavy atom. The van der Waals surface area contributed by atoms with E-state index in [1.807, 2.05) is 0 Å². The van der Waals surface area contributed by atoms with Crippen LogP contribution in [0.2, 0.25) is 0 Å². The molecule has 0 unspecified atom stereocenters. The molecule has 4 N–H and O–H groups in total. The summed E-state index contributed by atoms with van der Waals surface area (Å²) in [5.41, 5.74) is 11.2. The molecule has 2 aromatic carbocycles. The zero-order valence-corrected chi connectivity index (χ0v) is 10.3. The van der Waals surface area contributed by atoms with Crippen molar-refractivity contribution in [3.8, 4) is 0 Å². The van der Waals surface area contributed by atoms with E-state index in [4.69, 9.17) is 11.5 Å². The number of aldehydes is 2. The molecule has 6 heteroatoms. The van der Waals surface area contributed by atoms with E-state index in [2.05, 4.69) is 0 Å². The lowest BCUT2D eigenvalue weighted by Gasteiger charge is -1.99. The van der Waals surface area contributed by atoms with Gasteiger partial charge in [-0.05, 0) is 24.3 Å². The highest BCUT2D eigenvalue weighted by Crippen LogP contribution is 2.16. The molecule has 4 nitrogen and oxygen atoms in total. The van der Waals surface area contributed by atoms with E-state index in [0.29, 0.717) is 11.3 Å². The van der Waals surface area contributed by atoms with Gasteiger partial charge in [-0.1, -0.05) is 12.1 Å². The molecule has 104 valence electrons. The number of para-hydroxylation sites is 1. The van der Waals surface area contributed by atoms with Crippen LogP contribution >= 0.6 is 0 Å². The molecular formula is C14H12F2N2O2. The maximum Gasteiger partial charge on any atom is 0.171 e. The Bertz CT molecular complexity index is 631. The van der Waals surface area contributed by atoms with Crippen LogP contribution in [0.4, 0.5) is 20.2 Å². The van der Waals surface area contributed by atoms with Crippen LogP contribution in [0, 0.1) is 11.6 Å². The highest BCUT2D eigenvalue weighted by Gasteiger charge is 2.09. The zero-order chi connectivity index (χ0) is 15.1. The fourth-order valence-corrected chi connectivity index (χ4v) is 1.32. The predicted octanol–water partition coefficient (Wildman–Crippen LogP) is 2.44. The minimum absolute atomic E-state index is 0.0566. The summed E-state index contributed by atoms with van der Waals surface area (Å²) < 4.78 is 24.9. The third-order valence-corrected chi connectivity index (χ3v) is 2.41. The monoisotopic (exact) mass is 278 g/mol. The molecule has 0 aliphatic heterocycles. The summed E-state index contributed by atoms with van der Waals surface area (Å²) in [5, 5.41) is 0. The first-order chi connectivity index (χ1) is 9.51. The molecule has 0 aliphatic rings. The summed E-state index contributed by atoms with van der Waals surface area (Å²) in [5.74, 6) is -2.26.